The minimum Gasteiger partial charge on any atom is -0.388 e. The minimum atomic E-state index is -1.06. The maximum Gasteiger partial charge on any atom is 0.155 e. The standard InChI is InChI=1S/C15H31NO6/c1-6-7-13(15(18)14(17)11(3)20-5)22-12(4)21-10(2)8-9-16-19/h10-15,17-18H,6-9H2,1-5H3/t10?,11?,12?,13?,14-,15?/m1/s1. The molecule has 0 amide bonds. The molecule has 0 heterocycles. The normalized spacial score (nSPS) is 20.0. The summed E-state index contributed by atoms with van der Waals surface area (Å²) in [4.78, 5) is 10.1. The van der Waals surface area contributed by atoms with Crippen LogP contribution in [-0.2, 0) is 14.2 Å². The van der Waals surface area contributed by atoms with E-state index < -0.39 is 30.7 Å². The van der Waals surface area contributed by atoms with Gasteiger partial charge in [0, 0.05) is 7.11 Å². The molecule has 0 aliphatic heterocycles. The van der Waals surface area contributed by atoms with Gasteiger partial charge in [-0.1, -0.05) is 18.5 Å². The molecule has 5 unspecified atom stereocenters. The molecule has 0 rings (SSSR count). The van der Waals surface area contributed by atoms with E-state index in [1.54, 1.807) is 13.8 Å². The molecule has 2 N–H and O–H groups in total. The van der Waals surface area contributed by atoms with Crippen molar-refractivity contribution in [1.82, 2.24) is 0 Å². The topological polar surface area (TPSA) is 97.6 Å². The van der Waals surface area contributed by atoms with Crippen molar-refractivity contribution in [1.29, 1.82) is 0 Å². The molecule has 0 aromatic heterocycles. The molecule has 0 saturated carbocycles. The number of ether oxygens (including phenoxy) is 3. The number of aliphatic hydroxyl groups is 2. The van der Waals surface area contributed by atoms with Crippen LogP contribution in [0.3, 0.4) is 0 Å². The monoisotopic (exact) mass is 321 g/mol. The third-order valence-corrected chi connectivity index (χ3v) is 3.57. The van der Waals surface area contributed by atoms with E-state index in [4.69, 9.17) is 14.2 Å². The summed E-state index contributed by atoms with van der Waals surface area (Å²) in [5.41, 5.74) is 0. The van der Waals surface area contributed by atoms with Gasteiger partial charge in [0.25, 0.3) is 0 Å². The third kappa shape index (κ3) is 8.14. The van der Waals surface area contributed by atoms with E-state index in [1.165, 1.54) is 7.11 Å². The average molecular weight is 321 g/mol. The first-order valence-electron chi connectivity index (χ1n) is 7.86. The summed E-state index contributed by atoms with van der Waals surface area (Å²) >= 11 is 0. The van der Waals surface area contributed by atoms with Crippen molar-refractivity contribution in [2.24, 2.45) is 5.18 Å². The fourth-order valence-electron chi connectivity index (χ4n) is 2.15. The van der Waals surface area contributed by atoms with Crippen LogP contribution >= 0.6 is 0 Å². The fourth-order valence-corrected chi connectivity index (χ4v) is 2.15. The lowest BCUT2D eigenvalue weighted by Gasteiger charge is -2.32. The first-order chi connectivity index (χ1) is 10.4. The summed E-state index contributed by atoms with van der Waals surface area (Å²) in [5, 5.41) is 23.1. The van der Waals surface area contributed by atoms with Crippen molar-refractivity contribution in [3.8, 4) is 0 Å². The molecule has 0 spiro atoms. The van der Waals surface area contributed by atoms with Crippen molar-refractivity contribution in [3.05, 3.63) is 4.91 Å². The van der Waals surface area contributed by atoms with E-state index in [9.17, 15) is 15.1 Å². The van der Waals surface area contributed by atoms with Crippen molar-refractivity contribution in [3.63, 3.8) is 0 Å². The second kappa shape index (κ2) is 11.9. The lowest BCUT2D eigenvalue weighted by Crippen LogP contribution is -2.46. The zero-order valence-corrected chi connectivity index (χ0v) is 14.3. The van der Waals surface area contributed by atoms with E-state index in [0.29, 0.717) is 12.8 Å². The van der Waals surface area contributed by atoms with E-state index in [0.717, 1.165) is 6.42 Å². The minimum absolute atomic E-state index is 0.171. The molecule has 0 saturated heterocycles. The van der Waals surface area contributed by atoms with Crippen LogP contribution in [0.4, 0.5) is 0 Å². The van der Waals surface area contributed by atoms with E-state index >= 15 is 0 Å². The van der Waals surface area contributed by atoms with Crippen molar-refractivity contribution < 1.29 is 24.4 Å². The van der Waals surface area contributed by atoms with Gasteiger partial charge in [-0.2, -0.15) is 4.91 Å². The summed E-state index contributed by atoms with van der Waals surface area (Å²) in [5.74, 6) is 0. The second-order valence-electron chi connectivity index (χ2n) is 5.54. The Morgan fingerprint density at radius 1 is 1.05 bits per heavy atom. The van der Waals surface area contributed by atoms with Crippen molar-refractivity contribution in [2.75, 3.05) is 13.7 Å². The first-order valence-corrected chi connectivity index (χ1v) is 7.86. The molecule has 7 heteroatoms. The smallest absolute Gasteiger partial charge is 0.155 e. The van der Waals surface area contributed by atoms with Gasteiger partial charge >= 0.3 is 0 Å². The van der Waals surface area contributed by atoms with Gasteiger partial charge in [-0.3, -0.25) is 0 Å². The molecule has 0 radical (unpaired) electrons. The number of rotatable bonds is 13. The predicted octanol–water partition coefficient (Wildman–Crippen LogP) is 1.84. The quantitative estimate of drug-likeness (QED) is 0.397. The highest BCUT2D eigenvalue weighted by Crippen LogP contribution is 2.17. The van der Waals surface area contributed by atoms with Crippen LogP contribution in [0.15, 0.2) is 5.18 Å². The molecular weight excluding hydrogens is 290 g/mol. The number of nitroso groups, excluding NO2 is 1. The number of hydrogen-bond donors (Lipinski definition) is 2. The first kappa shape index (κ1) is 21.4. The van der Waals surface area contributed by atoms with E-state index in [1.807, 2.05) is 13.8 Å². The largest absolute Gasteiger partial charge is 0.388 e. The van der Waals surface area contributed by atoms with Crippen LogP contribution in [0, 0.1) is 4.91 Å². The maximum atomic E-state index is 10.3. The highest BCUT2D eigenvalue weighted by Gasteiger charge is 2.31. The van der Waals surface area contributed by atoms with E-state index in [-0.39, 0.29) is 12.6 Å². The number of aliphatic hydroxyl groups excluding tert-OH is 2. The highest BCUT2D eigenvalue weighted by molar-refractivity contribution is 4.80. The lowest BCUT2D eigenvalue weighted by atomic mass is 10.0. The van der Waals surface area contributed by atoms with E-state index in [2.05, 4.69) is 5.18 Å². The van der Waals surface area contributed by atoms with Gasteiger partial charge in [0.1, 0.15) is 12.2 Å². The van der Waals surface area contributed by atoms with Crippen LogP contribution < -0.4 is 0 Å². The third-order valence-electron chi connectivity index (χ3n) is 3.57. The summed E-state index contributed by atoms with van der Waals surface area (Å²) in [6, 6.07) is 0. The van der Waals surface area contributed by atoms with Crippen LogP contribution in [-0.4, -0.2) is 60.7 Å². The van der Waals surface area contributed by atoms with Gasteiger partial charge in [0.15, 0.2) is 6.29 Å². The second-order valence-corrected chi connectivity index (χ2v) is 5.54. The molecule has 0 fully saturated rings. The Hall–Kier alpha value is -0.600. The number of methoxy groups -OCH3 is 1. The Bertz CT molecular complexity index is 291. The Morgan fingerprint density at radius 2 is 1.68 bits per heavy atom. The Kier molecular flexibility index (Phi) is 11.6. The summed E-state index contributed by atoms with van der Waals surface area (Å²) in [6.45, 7) is 7.41. The van der Waals surface area contributed by atoms with Gasteiger partial charge in [-0.05, 0) is 33.6 Å². The molecule has 7 nitrogen and oxygen atoms in total. The maximum absolute atomic E-state index is 10.3. The van der Waals surface area contributed by atoms with Crippen molar-refractivity contribution in [2.45, 2.75) is 83.8 Å². The van der Waals surface area contributed by atoms with Gasteiger partial charge in [0.05, 0.1) is 24.9 Å². The molecule has 22 heavy (non-hydrogen) atoms. The molecule has 0 aromatic rings. The Labute approximate surface area is 132 Å². The Morgan fingerprint density at radius 3 is 2.18 bits per heavy atom. The molecule has 0 aliphatic carbocycles. The molecular formula is C15H31NO6. The van der Waals surface area contributed by atoms with Crippen LogP contribution in [0.5, 0.6) is 0 Å². The predicted molar refractivity (Wildman–Crippen MR) is 83.6 cm³/mol. The molecule has 0 bridgehead atoms. The fraction of sp³-hybridized carbons (Fsp3) is 1.00. The van der Waals surface area contributed by atoms with Gasteiger partial charge in [0.2, 0.25) is 0 Å². The Balaban J connectivity index is 4.51. The lowest BCUT2D eigenvalue weighted by molar-refractivity contribution is -0.217. The van der Waals surface area contributed by atoms with Crippen LogP contribution in [0.25, 0.3) is 0 Å². The summed E-state index contributed by atoms with van der Waals surface area (Å²) in [6.07, 6.45) is -1.97. The zero-order valence-electron chi connectivity index (χ0n) is 14.3. The molecule has 6 atom stereocenters. The number of nitrogens with zero attached hydrogens (tertiary/aromatic N) is 1. The molecule has 0 aromatic carbocycles. The average Bonchev–Trinajstić information content (AvgIpc) is 2.50. The molecule has 0 aliphatic rings. The SMILES string of the molecule is CCCC(OC(C)OC(C)CCN=O)C(O)[C@H](O)C(C)OC. The van der Waals surface area contributed by atoms with Gasteiger partial charge in [-0.25, -0.2) is 0 Å². The van der Waals surface area contributed by atoms with Crippen LogP contribution in [0.2, 0.25) is 0 Å². The zero-order chi connectivity index (χ0) is 17.1. The highest BCUT2D eigenvalue weighted by atomic mass is 16.7. The van der Waals surface area contributed by atoms with Gasteiger partial charge in [-0.15, -0.1) is 0 Å². The summed E-state index contributed by atoms with van der Waals surface area (Å²) < 4.78 is 16.4. The van der Waals surface area contributed by atoms with Gasteiger partial charge < -0.3 is 24.4 Å². The summed E-state index contributed by atoms with van der Waals surface area (Å²) in [7, 11) is 1.48. The van der Waals surface area contributed by atoms with Crippen molar-refractivity contribution >= 4 is 0 Å². The number of hydrogen-bond acceptors (Lipinski definition) is 7. The molecule has 132 valence electrons. The van der Waals surface area contributed by atoms with Crippen LogP contribution in [0.1, 0.15) is 47.0 Å².